The Morgan fingerprint density at radius 3 is 2.42 bits per heavy atom. The maximum Gasteiger partial charge on any atom is 0.166 e. The minimum atomic E-state index is -0.298. The SMILES string of the molecule is Fc1cc(Br)ccc1OCC1(CBr)CCCCCC1. The molecule has 0 atom stereocenters. The molecule has 1 aromatic carbocycles. The molecule has 19 heavy (non-hydrogen) atoms. The quantitative estimate of drug-likeness (QED) is 0.470. The molecule has 0 aromatic heterocycles. The van der Waals surface area contributed by atoms with Crippen molar-refractivity contribution in [3.8, 4) is 5.75 Å². The Kier molecular flexibility index (Phi) is 5.70. The van der Waals surface area contributed by atoms with Gasteiger partial charge < -0.3 is 4.74 Å². The topological polar surface area (TPSA) is 9.23 Å². The molecule has 106 valence electrons. The van der Waals surface area contributed by atoms with Gasteiger partial charge in [0.1, 0.15) is 0 Å². The van der Waals surface area contributed by atoms with Crippen molar-refractivity contribution in [3.63, 3.8) is 0 Å². The highest BCUT2D eigenvalue weighted by Crippen LogP contribution is 2.37. The normalized spacial score (nSPS) is 18.9. The van der Waals surface area contributed by atoms with Gasteiger partial charge >= 0.3 is 0 Å². The third-order valence-electron chi connectivity index (χ3n) is 3.88. The van der Waals surface area contributed by atoms with Crippen molar-refractivity contribution < 1.29 is 9.13 Å². The zero-order chi connectivity index (χ0) is 13.7. The van der Waals surface area contributed by atoms with Crippen LogP contribution in [-0.4, -0.2) is 11.9 Å². The standard InChI is InChI=1S/C15H19Br2FO/c16-10-15(7-3-1-2-4-8-15)11-19-14-6-5-12(17)9-13(14)18/h5-6,9H,1-4,7-8,10-11H2. The van der Waals surface area contributed by atoms with E-state index in [9.17, 15) is 4.39 Å². The number of rotatable bonds is 4. The highest BCUT2D eigenvalue weighted by Gasteiger charge is 2.31. The van der Waals surface area contributed by atoms with Crippen LogP contribution in [0.15, 0.2) is 22.7 Å². The first kappa shape index (κ1) is 15.3. The van der Waals surface area contributed by atoms with Crippen molar-refractivity contribution in [1.82, 2.24) is 0 Å². The van der Waals surface area contributed by atoms with E-state index in [1.807, 2.05) is 6.07 Å². The molecular formula is C15H19Br2FO. The number of alkyl halides is 1. The van der Waals surface area contributed by atoms with Crippen LogP contribution in [0.5, 0.6) is 5.75 Å². The largest absolute Gasteiger partial charge is 0.490 e. The molecule has 0 amide bonds. The highest BCUT2D eigenvalue weighted by molar-refractivity contribution is 9.10. The summed E-state index contributed by atoms with van der Waals surface area (Å²) in [7, 11) is 0. The lowest BCUT2D eigenvalue weighted by molar-refractivity contribution is 0.145. The molecule has 1 aliphatic carbocycles. The van der Waals surface area contributed by atoms with Crippen molar-refractivity contribution in [2.24, 2.45) is 5.41 Å². The second-order valence-electron chi connectivity index (χ2n) is 5.41. The van der Waals surface area contributed by atoms with Gasteiger partial charge in [0.2, 0.25) is 0 Å². The summed E-state index contributed by atoms with van der Waals surface area (Å²) in [5.74, 6) is 0.0560. The average molecular weight is 394 g/mol. The van der Waals surface area contributed by atoms with Crippen LogP contribution >= 0.6 is 31.9 Å². The van der Waals surface area contributed by atoms with Gasteiger partial charge in [-0.15, -0.1) is 0 Å². The van der Waals surface area contributed by atoms with Crippen molar-refractivity contribution in [1.29, 1.82) is 0 Å². The average Bonchev–Trinajstić information content (AvgIpc) is 2.64. The van der Waals surface area contributed by atoms with E-state index in [4.69, 9.17) is 4.74 Å². The fourth-order valence-corrected chi connectivity index (χ4v) is 3.67. The summed E-state index contributed by atoms with van der Waals surface area (Å²) in [6.07, 6.45) is 7.44. The van der Waals surface area contributed by atoms with Gasteiger partial charge in [-0.3, -0.25) is 0 Å². The van der Waals surface area contributed by atoms with E-state index in [0.717, 1.165) is 22.6 Å². The first-order valence-electron chi connectivity index (χ1n) is 6.79. The van der Waals surface area contributed by atoms with E-state index in [-0.39, 0.29) is 11.2 Å². The molecule has 0 unspecified atom stereocenters. The minimum Gasteiger partial charge on any atom is -0.490 e. The van der Waals surface area contributed by atoms with Crippen molar-refractivity contribution in [2.45, 2.75) is 38.5 Å². The van der Waals surface area contributed by atoms with E-state index in [0.29, 0.717) is 12.4 Å². The van der Waals surface area contributed by atoms with E-state index in [1.165, 1.54) is 31.7 Å². The number of halogens is 3. The molecule has 0 N–H and O–H groups in total. The smallest absolute Gasteiger partial charge is 0.166 e. The minimum absolute atomic E-state index is 0.163. The van der Waals surface area contributed by atoms with Crippen LogP contribution in [0.4, 0.5) is 4.39 Å². The Labute approximate surface area is 131 Å². The van der Waals surface area contributed by atoms with Crippen LogP contribution < -0.4 is 4.74 Å². The predicted molar refractivity (Wildman–Crippen MR) is 83.5 cm³/mol. The number of hydrogen-bond donors (Lipinski definition) is 0. The summed E-state index contributed by atoms with van der Waals surface area (Å²) < 4.78 is 20.2. The van der Waals surface area contributed by atoms with Gasteiger partial charge in [0.15, 0.2) is 11.6 Å². The predicted octanol–water partition coefficient (Wildman–Crippen LogP) is 5.70. The Morgan fingerprint density at radius 2 is 1.84 bits per heavy atom. The monoisotopic (exact) mass is 392 g/mol. The lowest BCUT2D eigenvalue weighted by Gasteiger charge is -2.30. The van der Waals surface area contributed by atoms with Crippen molar-refractivity contribution >= 4 is 31.9 Å². The molecule has 0 aliphatic heterocycles. The first-order chi connectivity index (χ1) is 9.15. The Balaban J connectivity index is 2.02. The van der Waals surface area contributed by atoms with E-state index in [2.05, 4.69) is 31.9 Å². The number of ether oxygens (including phenoxy) is 1. The summed E-state index contributed by atoms with van der Waals surface area (Å²) >= 11 is 6.88. The molecule has 1 saturated carbocycles. The molecule has 2 rings (SSSR count). The van der Waals surface area contributed by atoms with Crippen molar-refractivity contribution in [3.05, 3.63) is 28.5 Å². The van der Waals surface area contributed by atoms with E-state index >= 15 is 0 Å². The fraction of sp³-hybridized carbons (Fsp3) is 0.600. The zero-order valence-corrected chi connectivity index (χ0v) is 14.1. The maximum atomic E-state index is 13.7. The van der Waals surface area contributed by atoms with Crippen LogP contribution in [0.3, 0.4) is 0 Å². The van der Waals surface area contributed by atoms with Crippen LogP contribution in [0.2, 0.25) is 0 Å². The lowest BCUT2D eigenvalue weighted by atomic mass is 9.83. The summed E-state index contributed by atoms with van der Waals surface area (Å²) in [6.45, 7) is 0.594. The summed E-state index contributed by atoms with van der Waals surface area (Å²) in [6, 6.07) is 4.95. The molecular weight excluding hydrogens is 375 g/mol. The third-order valence-corrected chi connectivity index (χ3v) is 5.56. The fourth-order valence-electron chi connectivity index (χ4n) is 2.62. The molecule has 0 saturated heterocycles. The molecule has 0 spiro atoms. The molecule has 4 heteroatoms. The lowest BCUT2D eigenvalue weighted by Crippen LogP contribution is -2.30. The van der Waals surface area contributed by atoms with Gasteiger partial charge in [-0.2, -0.15) is 0 Å². The van der Waals surface area contributed by atoms with Gasteiger partial charge in [0.05, 0.1) is 6.61 Å². The number of hydrogen-bond acceptors (Lipinski definition) is 1. The molecule has 1 fully saturated rings. The summed E-state index contributed by atoms with van der Waals surface area (Å²) in [4.78, 5) is 0. The van der Waals surface area contributed by atoms with Gasteiger partial charge in [-0.25, -0.2) is 4.39 Å². The van der Waals surface area contributed by atoms with E-state index < -0.39 is 0 Å². The van der Waals surface area contributed by atoms with Gasteiger partial charge in [0.25, 0.3) is 0 Å². The molecule has 0 heterocycles. The second-order valence-corrected chi connectivity index (χ2v) is 6.89. The van der Waals surface area contributed by atoms with Gasteiger partial charge in [-0.1, -0.05) is 57.5 Å². The Morgan fingerprint density at radius 1 is 1.16 bits per heavy atom. The highest BCUT2D eigenvalue weighted by atomic mass is 79.9. The molecule has 0 bridgehead atoms. The summed E-state index contributed by atoms with van der Waals surface area (Å²) in [5, 5.41) is 0.929. The maximum absolute atomic E-state index is 13.7. The molecule has 1 nitrogen and oxygen atoms in total. The van der Waals surface area contributed by atoms with Crippen LogP contribution in [0, 0.1) is 11.2 Å². The Bertz CT molecular complexity index is 415. The van der Waals surface area contributed by atoms with Crippen LogP contribution in [0.25, 0.3) is 0 Å². The second kappa shape index (κ2) is 7.07. The first-order valence-corrected chi connectivity index (χ1v) is 8.70. The van der Waals surface area contributed by atoms with Crippen LogP contribution in [0.1, 0.15) is 38.5 Å². The zero-order valence-electron chi connectivity index (χ0n) is 10.9. The third kappa shape index (κ3) is 4.19. The molecule has 1 aromatic rings. The summed E-state index contributed by atoms with van der Waals surface area (Å²) in [5.41, 5.74) is 0.163. The molecule has 1 aliphatic rings. The van der Waals surface area contributed by atoms with Gasteiger partial charge in [-0.05, 0) is 31.0 Å². The van der Waals surface area contributed by atoms with Gasteiger partial charge in [0, 0.05) is 15.2 Å². The van der Waals surface area contributed by atoms with Crippen molar-refractivity contribution in [2.75, 3.05) is 11.9 Å². The molecule has 0 radical (unpaired) electrons. The number of benzene rings is 1. The van der Waals surface area contributed by atoms with Crippen LogP contribution in [-0.2, 0) is 0 Å². The van der Waals surface area contributed by atoms with E-state index in [1.54, 1.807) is 6.07 Å². The Hall–Kier alpha value is -0.0900.